The molecule has 0 atom stereocenters. The van der Waals surface area contributed by atoms with Crippen LogP contribution < -0.4 is 11.1 Å². The van der Waals surface area contributed by atoms with Crippen molar-refractivity contribution in [2.24, 2.45) is 5.73 Å². The Kier molecular flexibility index (Phi) is 6.40. The van der Waals surface area contributed by atoms with Crippen molar-refractivity contribution >= 4 is 62.5 Å². The Bertz CT molecular complexity index is 863. The van der Waals surface area contributed by atoms with Crippen LogP contribution in [0.2, 0.25) is 5.02 Å². The second-order valence-electron chi connectivity index (χ2n) is 4.76. The third-order valence-electron chi connectivity index (χ3n) is 3.00. The molecular weight excluding hydrogens is 434 g/mol. The van der Waals surface area contributed by atoms with E-state index >= 15 is 0 Å². The van der Waals surface area contributed by atoms with E-state index in [1.807, 2.05) is 0 Å². The number of nitrogens with zero attached hydrogens (tertiary/aromatic N) is 1. The van der Waals surface area contributed by atoms with Crippen LogP contribution in [0.25, 0.3) is 0 Å². The lowest BCUT2D eigenvalue weighted by Gasteiger charge is -2.08. The summed E-state index contributed by atoms with van der Waals surface area (Å²) < 4.78 is 0.773. The van der Waals surface area contributed by atoms with Crippen molar-refractivity contribution in [1.29, 1.82) is 0 Å². The minimum Gasteiger partial charge on any atom is -0.366 e. The van der Waals surface area contributed by atoms with Crippen molar-refractivity contribution in [3.8, 4) is 0 Å². The maximum absolute atomic E-state index is 12.0. The third kappa shape index (κ3) is 5.18. The van der Waals surface area contributed by atoms with E-state index in [9.17, 15) is 19.7 Å². The number of thioether (sulfide) groups is 1. The van der Waals surface area contributed by atoms with Crippen LogP contribution >= 0.6 is 39.3 Å². The molecule has 10 heteroatoms. The van der Waals surface area contributed by atoms with Crippen LogP contribution in [0.3, 0.4) is 0 Å². The number of primary amides is 1. The number of halogens is 2. The molecular formula is C15H11BrClN3O4S. The molecule has 2 aromatic carbocycles. The number of nitrogens with two attached hydrogens (primary N) is 1. The summed E-state index contributed by atoms with van der Waals surface area (Å²) in [6, 6.07) is 8.86. The lowest BCUT2D eigenvalue weighted by Crippen LogP contribution is -2.14. The summed E-state index contributed by atoms with van der Waals surface area (Å²) in [5, 5.41) is 14.1. The molecule has 2 rings (SSSR count). The summed E-state index contributed by atoms with van der Waals surface area (Å²) in [4.78, 5) is 33.9. The summed E-state index contributed by atoms with van der Waals surface area (Å²) in [5.41, 5.74) is 5.30. The zero-order valence-electron chi connectivity index (χ0n) is 12.5. The molecule has 0 spiro atoms. The van der Waals surface area contributed by atoms with Crippen molar-refractivity contribution in [2.75, 3.05) is 11.1 Å². The number of nitro benzene ring substituents is 1. The number of anilines is 1. The molecule has 0 fully saturated rings. The van der Waals surface area contributed by atoms with Crippen molar-refractivity contribution < 1.29 is 14.5 Å². The average Bonchev–Trinajstić information content (AvgIpc) is 2.55. The van der Waals surface area contributed by atoms with Crippen molar-refractivity contribution in [3.63, 3.8) is 0 Å². The third-order valence-corrected chi connectivity index (χ3v) is 4.87. The molecule has 0 unspecified atom stereocenters. The van der Waals surface area contributed by atoms with Crippen molar-refractivity contribution in [1.82, 2.24) is 0 Å². The summed E-state index contributed by atoms with van der Waals surface area (Å²) in [6.45, 7) is 0. The van der Waals surface area contributed by atoms with E-state index in [4.69, 9.17) is 17.3 Å². The summed E-state index contributed by atoms with van der Waals surface area (Å²) in [7, 11) is 0. The first-order valence-corrected chi connectivity index (χ1v) is 8.89. The van der Waals surface area contributed by atoms with E-state index in [1.54, 1.807) is 18.2 Å². The van der Waals surface area contributed by atoms with E-state index in [-0.39, 0.29) is 27.8 Å². The lowest BCUT2D eigenvalue weighted by atomic mass is 10.2. The minimum atomic E-state index is -0.762. The Morgan fingerprint density at radius 1 is 1.28 bits per heavy atom. The van der Waals surface area contributed by atoms with Crippen LogP contribution in [0.1, 0.15) is 10.4 Å². The number of hydrogen-bond acceptors (Lipinski definition) is 5. The molecule has 0 aliphatic heterocycles. The van der Waals surface area contributed by atoms with Gasteiger partial charge in [0.1, 0.15) is 0 Å². The number of amides is 2. The topological polar surface area (TPSA) is 115 Å². The van der Waals surface area contributed by atoms with Gasteiger partial charge in [0.25, 0.3) is 5.69 Å². The fourth-order valence-electron chi connectivity index (χ4n) is 1.86. The molecule has 0 aromatic heterocycles. The van der Waals surface area contributed by atoms with E-state index in [0.717, 1.165) is 22.3 Å². The number of nitrogens with one attached hydrogen (secondary N) is 1. The molecule has 3 N–H and O–H groups in total. The SMILES string of the molecule is NC(=O)c1ccc(SCC(=O)Nc2ccc(Br)cc2Cl)c([N+](=O)[O-])c1. The molecule has 25 heavy (non-hydrogen) atoms. The molecule has 2 aromatic rings. The first-order valence-electron chi connectivity index (χ1n) is 6.74. The molecule has 0 aliphatic carbocycles. The predicted octanol–water partition coefficient (Wildman–Crippen LogP) is 3.84. The van der Waals surface area contributed by atoms with E-state index in [1.165, 1.54) is 12.1 Å². The van der Waals surface area contributed by atoms with Gasteiger partial charge in [-0.15, -0.1) is 11.8 Å². The average molecular weight is 445 g/mol. The van der Waals surface area contributed by atoms with Gasteiger partial charge in [0.15, 0.2) is 0 Å². The summed E-state index contributed by atoms with van der Waals surface area (Å²) >= 11 is 10.3. The van der Waals surface area contributed by atoms with Gasteiger partial charge in [-0.3, -0.25) is 19.7 Å². The van der Waals surface area contributed by atoms with Gasteiger partial charge in [0, 0.05) is 16.1 Å². The van der Waals surface area contributed by atoms with Crippen molar-refractivity contribution in [2.45, 2.75) is 4.90 Å². The number of benzene rings is 2. The standard InChI is InChI=1S/C15H11BrClN3O4S/c16-9-2-3-11(10(17)6-9)19-14(21)7-25-13-4-1-8(15(18)22)5-12(13)20(23)24/h1-6H,7H2,(H2,18,22)(H,19,21). The molecule has 0 bridgehead atoms. The fourth-order valence-corrected chi connectivity index (χ4v) is 3.38. The highest BCUT2D eigenvalue weighted by Gasteiger charge is 2.18. The second kappa shape index (κ2) is 8.32. The second-order valence-corrected chi connectivity index (χ2v) is 7.10. The highest BCUT2D eigenvalue weighted by atomic mass is 79.9. The Labute approximate surface area is 160 Å². The summed E-state index contributed by atoms with van der Waals surface area (Å²) in [5.74, 6) is -1.20. The van der Waals surface area contributed by atoms with Gasteiger partial charge < -0.3 is 11.1 Å². The number of hydrogen-bond donors (Lipinski definition) is 2. The predicted molar refractivity (Wildman–Crippen MR) is 100 cm³/mol. The molecule has 0 radical (unpaired) electrons. The quantitative estimate of drug-likeness (QED) is 0.399. The van der Waals surface area contributed by atoms with Crippen LogP contribution in [0.15, 0.2) is 45.8 Å². The molecule has 130 valence electrons. The molecule has 0 aliphatic rings. The van der Waals surface area contributed by atoms with E-state index < -0.39 is 10.8 Å². The molecule has 7 nitrogen and oxygen atoms in total. The Hall–Kier alpha value is -2.10. The number of carbonyl (C=O) groups is 2. The van der Waals surface area contributed by atoms with E-state index in [0.29, 0.717) is 10.7 Å². The van der Waals surface area contributed by atoms with Crippen LogP contribution in [0.4, 0.5) is 11.4 Å². The monoisotopic (exact) mass is 443 g/mol. The molecule has 2 amide bonds. The van der Waals surface area contributed by atoms with Gasteiger partial charge in [-0.2, -0.15) is 0 Å². The molecule has 0 heterocycles. The highest BCUT2D eigenvalue weighted by Crippen LogP contribution is 2.31. The van der Waals surface area contributed by atoms with E-state index in [2.05, 4.69) is 21.2 Å². The smallest absolute Gasteiger partial charge is 0.283 e. The van der Waals surface area contributed by atoms with Gasteiger partial charge in [-0.1, -0.05) is 27.5 Å². The van der Waals surface area contributed by atoms with Gasteiger partial charge in [-0.05, 0) is 30.3 Å². The van der Waals surface area contributed by atoms with Crippen LogP contribution in [0, 0.1) is 10.1 Å². The van der Waals surface area contributed by atoms with Crippen LogP contribution in [0.5, 0.6) is 0 Å². The number of rotatable bonds is 6. The largest absolute Gasteiger partial charge is 0.366 e. The number of carbonyl (C=O) groups excluding carboxylic acids is 2. The minimum absolute atomic E-state index is 0.0298. The van der Waals surface area contributed by atoms with Gasteiger partial charge >= 0.3 is 0 Å². The molecule has 0 saturated heterocycles. The number of nitro groups is 1. The van der Waals surface area contributed by atoms with Gasteiger partial charge in [0.2, 0.25) is 11.8 Å². The molecule has 0 saturated carbocycles. The van der Waals surface area contributed by atoms with Gasteiger partial charge in [0.05, 0.1) is 26.3 Å². The Morgan fingerprint density at radius 2 is 2.00 bits per heavy atom. The maximum atomic E-state index is 12.0. The zero-order chi connectivity index (χ0) is 18.6. The zero-order valence-corrected chi connectivity index (χ0v) is 15.7. The first-order chi connectivity index (χ1) is 11.8. The Balaban J connectivity index is 2.08. The maximum Gasteiger partial charge on any atom is 0.283 e. The highest BCUT2D eigenvalue weighted by molar-refractivity contribution is 9.10. The summed E-state index contributed by atoms with van der Waals surface area (Å²) in [6.07, 6.45) is 0. The lowest BCUT2D eigenvalue weighted by molar-refractivity contribution is -0.387. The first kappa shape index (κ1) is 19.2. The van der Waals surface area contributed by atoms with Gasteiger partial charge in [-0.25, -0.2) is 0 Å². The normalized spacial score (nSPS) is 10.3. The van der Waals surface area contributed by atoms with Crippen LogP contribution in [-0.4, -0.2) is 22.5 Å². The Morgan fingerprint density at radius 3 is 2.60 bits per heavy atom. The fraction of sp³-hybridized carbons (Fsp3) is 0.0667. The van der Waals surface area contributed by atoms with Crippen molar-refractivity contribution in [3.05, 3.63) is 61.6 Å². The van der Waals surface area contributed by atoms with Crippen LogP contribution in [-0.2, 0) is 4.79 Å².